The molecule has 0 unspecified atom stereocenters. The van der Waals surface area contributed by atoms with Crippen molar-refractivity contribution in [3.05, 3.63) is 17.8 Å². The summed E-state index contributed by atoms with van der Waals surface area (Å²) in [5.41, 5.74) is 7.84. The summed E-state index contributed by atoms with van der Waals surface area (Å²) in [5, 5.41) is 1.57. The average molecular weight is 224 g/mol. The number of aryl methyl sites for hydroxylation is 1. The Kier molecular flexibility index (Phi) is 3.49. The van der Waals surface area contributed by atoms with Crippen molar-refractivity contribution < 1.29 is 4.74 Å². The van der Waals surface area contributed by atoms with E-state index in [1.165, 1.54) is 0 Å². The van der Waals surface area contributed by atoms with Crippen molar-refractivity contribution in [1.82, 2.24) is 4.98 Å². The van der Waals surface area contributed by atoms with Gasteiger partial charge in [-0.2, -0.15) is 0 Å². The molecule has 0 saturated carbocycles. The molecule has 3 nitrogen and oxygen atoms in total. The molecule has 2 rings (SSSR count). The molecule has 1 aliphatic rings. The van der Waals surface area contributed by atoms with Crippen molar-refractivity contribution in [2.75, 3.05) is 18.9 Å². The van der Waals surface area contributed by atoms with Crippen molar-refractivity contribution in [3.63, 3.8) is 0 Å². The fourth-order valence-electron chi connectivity index (χ4n) is 1.63. The zero-order chi connectivity index (χ0) is 10.7. The normalized spacial score (nSPS) is 17.9. The van der Waals surface area contributed by atoms with Crippen LogP contribution in [0.1, 0.15) is 18.4 Å². The highest BCUT2D eigenvalue weighted by Gasteiger charge is 2.16. The molecule has 0 atom stereocenters. The molecule has 0 bridgehead atoms. The van der Waals surface area contributed by atoms with Gasteiger partial charge in [0.2, 0.25) is 0 Å². The minimum atomic E-state index is 0.608. The van der Waals surface area contributed by atoms with Crippen molar-refractivity contribution >= 4 is 17.4 Å². The van der Waals surface area contributed by atoms with E-state index in [0.717, 1.165) is 42.3 Å². The van der Waals surface area contributed by atoms with Crippen LogP contribution in [-0.4, -0.2) is 23.4 Å². The van der Waals surface area contributed by atoms with Crippen LogP contribution < -0.4 is 5.73 Å². The van der Waals surface area contributed by atoms with Crippen molar-refractivity contribution in [2.45, 2.75) is 30.0 Å². The largest absolute Gasteiger partial charge is 0.397 e. The molecule has 1 saturated heterocycles. The van der Waals surface area contributed by atoms with Gasteiger partial charge in [0.15, 0.2) is 0 Å². The first-order valence-electron chi connectivity index (χ1n) is 5.22. The number of hydrogen-bond donors (Lipinski definition) is 1. The van der Waals surface area contributed by atoms with Gasteiger partial charge in [0.05, 0.1) is 5.69 Å². The fraction of sp³-hybridized carbons (Fsp3) is 0.545. The molecule has 1 aliphatic heterocycles. The molecule has 2 heterocycles. The lowest BCUT2D eigenvalue weighted by molar-refractivity contribution is 0.1000. The zero-order valence-electron chi connectivity index (χ0n) is 8.90. The minimum Gasteiger partial charge on any atom is -0.397 e. The summed E-state index contributed by atoms with van der Waals surface area (Å²) in [7, 11) is 0. The predicted octanol–water partition coefficient (Wildman–Crippen LogP) is 2.24. The molecule has 2 N–H and O–H groups in total. The summed E-state index contributed by atoms with van der Waals surface area (Å²) in [6.45, 7) is 3.74. The van der Waals surface area contributed by atoms with Gasteiger partial charge >= 0.3 is 0 Å². The monoisotopic (exact) mass is 224 g/mol. The van der Waals surface area contributed by atoms with Gasteiger partial charge < -0.3 is 10.5 Å². The van der Waals surface area contributed by atoms with Crippen LogP contribution in [0.4, 0.5) is 5.69 Å². The van der Waals surface area contributed by atoms with Crippen molar-refractivity contribution in [2.24, 2.45) is 0 Å². The number of aromatic nitrogens is 1. The maximum Gasteiger partial charge on any atom is 0.119 e. The van der Waals surface area contributed by atoms with Gasteiger partial charge in [0.25, 0.3) is 0 Å². The molecule has 0 amide bonds. The summed E-state index contributed by atoms with van der Waals surface area (Å²) in [6.07, 6.45) is 4.07. The van der Waals surface area contributed by atoms with Gasteiger partial charge in [0, 0.05) is 24.7 Å². The number of ether oxygens (including phenoxy) is 1. The van der Waals surface area contributed by atoms with E-state index in [9.17, 15) is 0 Å². The SMILES string of the molecule is Cc1cnc(SC2CCOCC2)c(N)c1. The lowest BCUT2D eigenvalue weighted by atomic mass is 10.2. The van der Waals surface area contributed by atoms with E-state index in [4.69, 9.17) is 10.5 Å². The number of anilines is 1. The standard InChI is InChI=1S/C11H16N2OS/c1-8-6-10(12)11(13-7-8)15-9-2-4-14-5-3-9/h6-7,9H,2-5,12H2,1H3. The fourth-order valence-corrected chi connectivity index (χ4v) is 2.68. The Morgan fingerprint density at radius 3 is 2.87 bits per heavy atom. The molecule has 1 fully saturated rings. The first-order valence-corrected chi connectivity index (χ1v) is 6.10. The van der Waals surface area contributed by atoms with Crippen LogP contribution in [0.2, 0.25) is 0 Å². The van der Waals surface area contributed by atoms with E-state index in [2.05, 4.69) is 4.98 Å². The molecule has 1 aromatic rings. The number of nitrogens with zero attached hydrogens (tertiary/aromatic N) is 1. The Hall–Kier alpha value is -0.740. The summed E-state index contributed by atoms with van der Waals surface area (Å²) >= 11 is 1.78. The number of nitrogen functional groups attached to an aromatic ring is 1. The van der Waals surface area contributed by atoms with Crippen LogP contribution >= 0.6 is 11.8 Å². The van der Waals surface area contributed by atoms with Gasteiger partial charge in [-0.3, -0.25) is 0 Å². The number of rotatable bonds is 2. The van der Waals surface area contributed by atoms with E-state index in [0.29, 0.717) is 5.25 Å². The van der Waals surface area contributed by atoms with Gasteiger partial charge in [-0.25, -0.2) is 4.98 Å². The molecule has 4 heteroatoms. The quantitative estimate of drug-likeness (QED) is 0.837. The summed E-state index contributed by atoms with van der Waals surface area (Å²) < 4.78 is 5.32. The number of nitrogens with two attached hydrogens (primary N) is 1. The topological polar surface area (TPSA) is 48.1 Å². The third kappa shape index (κ3) is 2.86. The highest BCUT2D eigenvalue weighted by atomic mass is 32.2. The maximum atomic E-state index is 5.92. The first kappa shape index (κ1) is 10.8. The molecule has 15 heavy (non-hydrogen) atoms. The third-order valence-electron chi connectivity index (χ3n) is 2.46. The molecule has 0 aromatic carbocycles. The van der Waals surface area contributed by atoms with Gasteiger partial charge in [0.1, 0.15) is 5.03 Å². The van der Waals surface area contributed by atoms with E-state index in [-0.39, 0.29) is 0 Å². The van der Waals surface area contributed by atoms with Crippen LogP contribution in [0, 0.1) is 6.92 Å². The molecule has 0 aliphatic carbocycles. The number of thioether (sulfide) groups is 1. The van der Waals surface area contributed by atoms with Gasteiger partial charge in [-0.05, 0) is 31.4 Å². The summed E-state index contributed by atoms with van der Waals surface area (Å²) in [5.74, 6) is 0. The number of hydrogen-bond acceptors (Lipinski definition) is 4. The molecule has 82 valence electrons. The van der Waals surface area contributed by atoms with Crippen LogP contribution in [0.15, 0.2) is 17.3 Å². The summed E-state index contributed by atoms with van der Waals surface area (Å²) in [4.78, 5) is 4.37. The minimum absolute atomic E-state index is 0.608. The van der Waals surface area contributed by atoms with E-state index < -0.39 is 0 Å². The molecule has 0 radical (unpaired) electrons. The van der Waals surface area contributed by atoms with Crippen LogP contribution in [0.3, 0.4) is 0 Å². The highest BCUT2D eigenvalue weighted by molar-refractivity contribution is 8.00. The lowest BCUT2D eigenvalue weighted by Crippen LogP contribution is -2.17. The Labute approximate surface area is 94.4 Å². The maximum absolute atomic E-state index is 5.92. The summed E-state index contributed by atoms with van der Waals surface area (Å²) in [6, 6.07) is 1.98. The molecule has 0 spiro atoms. The smallest absolute Gasteiger partial charge is 0.119 e. The Morgan fingerprint density at radius 2 is 2.20 bits per heavy atom. The second-order valence-corrected chi connectivity index (χ2v) is 5.13. The van der Waals surface area contributed by atoms with Gasteiger partial charge in [-0.15, -0.1) is 11.8 Å². The molecule has 1 aromatic heterocycles. The van der Waals surface area contributed by atoms with Crippen molar-refractivity contribution in [3.8, 4) is 0 Å². The van der Waals surface area contributed by atoms with E-state index in [1.54, 1.807) is 11.8 Å². The molecular formula is C11H16N2OS. The van der Waals surface area contributed by atoms with E-state index in [1.807, 2.05) is 19.2 Å². The third-order valence-corrected chi connectivity index (χ3v) is 3.83. The average Bonchev–Trinajstić information content (AvgIpc) is 2.24. The van der Waals surface area contributed by atoms with Crippen molar-refractivity contribution in [1.29, 1.82) is 0 Å². The lowest BCUT2D eigenvalue weighted by Gasteiger charge is -2.21. The number of pyridine rings is 1. The Morgan fingerprint density at radius 1 is 1.47 bits per heavy atom. The van der Waals surface area contributed by atoms with Crippen LogP contribution in [-0.2, 0) is 4.74 Å². The Balaban J connectivity index is 2.03. The zero-order valence-corrected chi connectivity index (χ0v) is 9.72. The predicted molar refractivity (Wildman–Crippen MR) is 63.1 cm³/mol. The molecular weight excluding hydrogens is 208 g/mol. The first-order chi connectivity index (χ1) is 7.25. The van der Waals surface area contributed by atoms with Crippen LogP contribution in [0.5, 0.6) is 0 Å². The van der Waals surface area contributed by atoms with E-state index >= 15 is 0 Å². The Bertz CT molecular complexity index is 337. The highest BCUT2D eigenvalue weighted by Crippen LogP contribution is 2.31. The second-order valence-electron chi connectivity index (χ2n) is 3.84. The van der Waals surface area contributed by atoms with Crippen LogP contribution in [0.25, 0.3) is 0 Å². The second kappa shape index (κ2) is 4.86. The van der Waals surface area contributed by atoms with Gasteiger partial charge in [-0.1, -0.05) is 0 Å².